The number of carbonyl (C=O) groups is 2. The number of fused-ring (bicyclic) bond motifs is 1. The number of rotatable bonds is 8. The first-order chi connectivity index (χ1) is 16.0. The third-order valence-electron chi connectivity index (χ3n) is 4.81. The molecule has 7 nitrogen and oxygen atoms in total. The van der Waals surface area contributed by atoms with Crippen molar-refractivity contribution in [3.8, 4) is 0 Å². The molecule has 0 aliphatic carbocycles. The molecule has 0 aliphatic heterocycles. The van der Waals surface area contributed by atoms with Crippen LogP contribution in [0.3, 0.4) is 0 Å². The van der Waals surface area contributed by atoms with Gasteiger partial charge in [-0.3, -0.25) is 9.69 Å². The van der Waals surface area contributed by atoms with E-state index in [0.717, 1.165) is 23.5 Å². The van der Waals surface area contributed by atoms with E-state index in [0.29, 0.717) is 27.3 Å². The van der Waals surface area contributed by atoms with Gasteiger partial charge in [-0.2, -0.15) is 0 Å². The summed E-state index contributed by atoms with van der Waals surface area (Å²) in [6, 6.07) is 13.3. The number of methoxy groups -OCH3 is 1. The normalized spacial score (nSPS) is 11.4. The first-order valence-corrected chi connectivity index (χ1v) is 11.9. The third-order valence-corrected chi connectivity index (χ3v) is 6.52. The van der Waals surface area contributed by atoms with E-state index >= 15 is 0 Å². The fourth-order valence-electron chi connectivity index (χ4n) is 3.29. The number of nitrogens with one attached hydrogen (secondary N) is 1. The van der Waals surface area contributed by atoms with Crippen molar-refractivity contribution in [3.63, 3.8) is 0 Å². The third kappa shape index (κ3) is 5.70. The Morgan fingerprint density at radius 1 is 1.12 bits per heavy atom. The van der Waals surface area contributed by atoms with Crippen molar-refractivity contribution in [2.45, 2.75) is 13.1 Å². The Balaban J connectivity index is 1.56. The van der Waals surface area contributed by atoms with Crippen molar-refractivity contribution < 1.29 is 14.3 Å². The first kappa shape index (κ1) is 22.8. The van der Waals surface area contributed by atoms with Crippen molar-refractivity contribution in [1.82, 2.24) is 14.9 Å². The molecule has 3 aromatic heterocycles. The molecule has 0 unspecified atom stereocenters. The molecule has 0 saturated heterocycles. The van der Waals surface area contributed by atoms with Crippen LogP contribution in [0.2, 0.25) is 0 Å². The van der Waals surface area contributed by atoms with E-state index < -0.39 is 5.97 Å². The predicted molar refractivity (Wildman–Crippen MR) is 132 cm³/mol. The molecule has 4 rings (SSSR count). The van der Waals surface area contributed by atoms with Gasteiger partial charge in [0.2, 0.25) is 5.91 Å². The number of benzene rings is 1. The first-order valence-electron chi connectivity index (χ1n) is 10.1. The molecule has 0 spiro atoms. The van der Waals surface area contributed by atoms with Gasteiger partial charge in [0.15, 0.2) is 0 Å². The number of aromatic nitrogens is 2. The van der Waals surface area contributed by atoms with Crippen molar-refractivity contribution in [3.05, 3.63) is 81.3 Å². The van der Waals surface area contributed by atoms with E-state index in [4.69, 9.17) is 9.72 Å². The van der Waals surface area contributed by atoms with Gasteiger partial charge in [-0.05, 0) is 30.8 Å². The fraction of sp³-hybridized carbons (Fsp3) is 0.167. The van der Waals surface area contributed by atoms with Crippen LogP contribution in [0.5, 0.6) is 0 Å². The molecule has 0 aliphatic rings. The van der Waals surface area contributed by atoms with E-state index in [1.807, 2.05) is 60.4 Å². The number of nitrogens with zero attached hydrogens (tertiary/aromatic N) is 3. The van der Waals surface area contributed by atoms with Gasteiger partial charge in [0.25, 0.3) is 0 Å². The number of thiophene rings is 1. The van der Waals surface area contributed by atoms with Crippen LogP contribution in [0.25, 0.3) is 16.3 Å². The van der Waals surface area contributed by atoms with Gasteiger partial charge >= 0.3 is 5.97 Å². The average molecular weight is 479 g/mol. The summed E-state index contributed by atoms with van der Waals surface area (Å²) in [6.45, 7) is 1.34. The molecular weight excluding hydrogens is 456 g/mol. The van der Waals surface area contributed by atoms with Crippen LogP contribution in [0, 0.1) is 0 Å². The fourth-order valence-corrected chi connectivity index (χ4v) is 4.91. The second kappa shape index (κ2) is 10.5. The maximum Gasteiger partial charge on any atom is 0.350 e. The Kier molecular flexibility index (Phi) is 7.23. The lowest BCUT2D eigenvalue weighted by Crippen LogP contribution is -2.18. The molecule has 0 atom stereocenters. The molecule has 168 valence electrons. The van der Waals surface area contributed by atoms with Gasteiger partial charge in [-0.1, -0.05) is 30.3 Å². The molecule has 1 N–H and O–H groups in total. The number of pyridine rings is 1. The van der Waals surface area contributed by atoms with Gasteiger partial charge in [0.05, 0.1) is 29.7 Å². The lowest BCUT2D eigenvalue weighted by Gasteiger charge is -2.14. The highest BCUT2D eigenvalue weighted by molar-refractivity contribution is 7.21. The van der Waals surface area contributed by atoms with Crippen molar-refractivity contribution in [1.29, 1.82) is 0 Å². The van der Waals surface area contributed by atoms with Crippen molar-refractivity contribution >= 4 is 56.5 Å². The van der Waals surface area contributed by atoms with Crippen molar-refractivity contribution in [2.75, 3.05) is 19.5 Å². The summed E-state index contributed by atoms with van der Waals surface area (Å²) in [6.07, 6.45) is 3.16. The molecule has 9 heteroatoms. The predicted octanol–water partition coefficient (Wildman–Crippen LogP) is 4.82. The molecule has 4 aromatic rings. The zero-order chi connectivity index (χ0) is 23.2. The average Bonchev–Trinajstić information content (AvgIpc) is 3.45. The van der Waals surface area contributed by atoms with Crippen LogP contribution in [0.15, 0.2) is 59.4 Å². The summed E-state index contributed by atoms with van der Waals surface area (Å²) in [5, 5.41) is 5.56. The molecule has 0 bridgehead atoms. The van der Waals surface area contributed by atoms with Crippen LogP contribution in [-0.2, 0) is 22.6 Å². The second-order valence-electron chi connectivity index (χ2n) is 7.34. The Labute approximate surface area is 199 Å². The molecule has 0 saturated carbocycles. The highest BCUT2D eigenvalue weighted by Crippen LogP contribution is 2.35. The molecule has 1 amide bonds. The number of hydrogen-bond donors (Lipinski definition) is 1. The van der Waals surface area contributed by atoms with Crippen LogP contribution < -0.4 is 5.32 Å². The quantitative estimate of drug-likeness (QED) is 0.289. The van der Waals surface area contributed by atoms with E-state index in [-0.39, 0.29) is 5.91 Å². The van der Waals surface area contributed by atoms with Crippen LogP contribution in [0.1, 0.15) is 26.6 Å². The molecule has 0 radical (unpaired) electrons. The number of ether oxygens (including phenoxy) is 1. The van der Waals surface area contributed by atoms with Gasteiger partial charge in [0, 0.05) is 29.9 Å². The summed E-state index contributed by atoms with van der Waals surface area (Å²) in [5.41, 5.74) is 5.02. The van der Waals surface area contributed by atoms with E-state index in [2.05, 4.69) is 15.2 Å². The lowest BCUT2D eigenvalue weighted by atomic mass is 10.2. The lowest BCUT2D eigenvalue weighted by molar-refractivity contribution is -0.111. The number of amides is 1. The Morgan fingerprint density at radius 2 is 1.91 bits per heavy atom. The number of hydrogen-bond acceptors (Lipinski definition) is 8. The van der Waals surface area contributed by atoms with E-state index in [9.17, 15) is 9.59 Å². The van der Waals surface area contributed by atoms with Gasteiger partial charge < -0.3 is 10.1 Å². The standard InChI is InChI=1S/C24H22N4O3S2/c1-28(13-18-14-32-15-25-18)12-17-9-10-19-21(22(24(30)31-2)33-23(19)26-17)27-20(29)11-8-16-6-4-3-5-7-16/h3-11,14-15H,12-13H2,1-2H3,(H,27,29). The summed E-state index contributed by atoms with van der Waals surface area (Å²) < 4.78 is 4.93. The monoisotopic (exact) mass is 478 g/mol. The molecule has 0 fully saturated rings. The second-order valence-corrected chi connectivity index (χ2v) is 9.06. The van der Waals surface area contributed by atoms with Gasteiger partial charge in [-0.15, -0.1) is 22.7 Å². The summed E-state index contributed by atoms with van der Waals surface area (Å²) >= 11 is 2.78. The summed E-state index contributed by atoms with van der Waals surface area (Å²) in [5.74, 6) is -0.849. The maximum absolute atomic E-state index is 12.6. The number of anilines is 1. The highest BCUT2D eigenvalue weighted by atomic mass is 32.1. The summed E-state index contributed by atoms with van der Waals surface area (Å²) in [7, 11) is 3.32. The van der Waals surface area contributed by atoms with Crippen LogP contribution >= 0.6 is 22.7 Å². The minimum Gasteiger partial charge on any atom is -0.465 e. The zero-order valence-corrected chi connectivity index (χ0v) is 19.8. The van der Waals surface area contributed by atoms with Crippen molar-refractivity contribution in [2.24, 2.45) is 0 Å². The molecular formula is C24H22N4O3S2. The topological polar surface area (TPSA) is 84.4 Å². The largest absolute Gasteiger partial charge is 0.465 e. The Bertz CT molecular complexity index is 1280. The maximum atomic E-state index is 12.6. The molecule has 1 aromatic carbocycles. The van der Waals surface area contributed by atoms with Gasteiger partial charge in [-0.25, -0.2) is 14.8 Å². The Morgan fingerprint density at radius 3 is 2.64 bits per heavy atom. The number of esters is 1. The molecule has 3 heterocycles. The van der Waals surface area contributed by atoms with E-state index in [1.54, 1.807) is 17.4 Å². The number of thiazole rings is 1. The molecule has 33 heavy (non-hydrogen) atoms. The van der Waals surface area contributed by atoms with Crippen LogP contribution in [-0.4, -0.2) is 40.9 Å². The van der Waals surface area contributed by atoms with Gasteiger partial charge in [0.1, 0.15) is 9.71 Å². The minimum atomic E-state index is -0.512. The SMILES string of the molecule is COC(=O)c1sc2nc(CN(C)Cc3cscn3)ccc2c1NC(=O)C=Cc1ccccc1. The zero-order valence-electron chi connectivity index (χ0n) is 18.1. The summed E-state index contributed by atoms with van der Waals surface area (Å²) in [4.78, 5) is 37.1. The smallest absolute Gasteiger partial charge is 0.350 e. The minimum absolute atomic E-state index is 0.314. The number of carbonyl (C=O) groups excluding carboxylic acids is 2. The Hall–Kier alpha value is -3.40. The van der Waals surface area contributed by atoms with E-state index in [1.165, 1.54) is 24.5 Å². The highest BCUT2D eigenvalue weighted by Gasteiger charge is 2.21. The van der Waals surface area contributed by atoms with Crippen LogP contribution in [0.4, 0.5) is 5.69 Å².